The third-order valence-corrected chi connectivity index (χ3v) is 4.64. The molecule has 6 nitrogen and oxygen atoms in total. The van der Waals surface area contributed by atoms with Gasteiger partial charge >= 0.3 is 0 Å². The van der Waals surface area contributed by atoms with E-state index in [-0.39, 0.29) is 5.75 Å². The average Bonchev–Trinajstić information content (AvgIpc) is 3.14. The molecule has 20 heavy (non-hydrogen) atoms. The molecule has 1 aliphatic rings. The molecule has 2 aromatic heterocycles. The number of rotatable bonds is 5. The van der Waals surface area contributed by atoms with Gasteiger partial charge < -0.3 is 0 Å². The third-order valence-electron chi connectivity index (χ3n) is 2.93. The van der Waals surface area contributed by atoms with Gasteiger partial charge in [0.05, 0.1) is 33.3 Å². The summed E-state index contributed by atoms with van der Waals surface area (Å²) in [7, 11) is -1.17. The van der Waals surface area contributed by atoms with Gasteiger partial charge in [0.15, 0.2) is 5.82 Å². The lowest BCUT2D eigenvalue weighted by Crippen LogP contribution is -2.09. The van der Waals surface area contributed by atoms with E-state index in [4.69, 9.17) is 23.2 Å². The van der Waals surface area contributed by atoms with Crippen LogP contribution in [0.2, 0.25) is 10.0 Å². The summed E-state index contributed by atoms with van der Waals surface area (Å²) in [6.07, 6.45) is 3.65. The zero-order valence-corrected chi connectivity index (χ0v) is 12.7. The summed E-state index contributed by atoms with van der Waals surface area (Å²) in [6, 6.07) is 1.96. The van der Waals surface area contributed by atoms with Crippen LogP contribution in [0.5, 0.6) is 0 Å². The van der Waals surface area contributed by atoms with Crippen LogP contribution < -0.4 is 0 Å². The van der Waals surface area contributed by atoms with E-state index in [0.717, 1.165) is 12.8 Å². The molecule has 0 radical (unpaired) electrons. The molecule has 0 bridgehead atoms. The van der Waals surface area contributed by atoms with Crippen LogP contribution in [0.25, 0.3) is 0 Å². The molecule has 106 valence electrons. The van der Waals surface area contributed by atoms with Gasteiger partial charge in [-0.05, 0) is 29.3 Å². The number of hydrogen-bond donors (Lipinski definition) is 0. The predicted molar refractivity (Wildman–Crippen MR) is 75.9 cm³/mol. The second-order valence-corrected chi connectivity index (χ2v) is 6.88. The molecule has 9 heteroatoms. The summed E-state index contributed by atoms with van der Waals surface area (Å²) in [5, 5.41) is 12.4. The first-order valence-corrected chi connectivity index (χ1v) is 8.29. The Bertz CT molecular complexity index is 658. The molecule has 0 N–H and O–H groups in total. The molecule has 0 spiro atoms. The minimum atomic E-state index is -1.17. The molecule has 3 rings (SSSR count). The number of hydrogen-bond acceptors (Lipinski definition) is 5. The Hall–Kier alpha value is -1.05. The number of nitrogens with zero attached hydrogens (tertiary/aromatic N) is 5. The van der Waals surface area contributed by atoms with Crippen molar-refractivity contribution in [2.24, 2.45) is 0 Å². The molecule has 0 unspecified atom stereocenters. The van der Waals surface area contributed by atoms with Crippen molar-refractivity contribution >= 4 is 34.0 Å². The van der Waals surface area contributed by atoms with Gasteiger partial charge in [-0.15, -0.1) is 5.10 Å². The zero-order chi connectivity index (χ0) is 14.1. The van der Waals surface area contributed by atoms with Gasteiger partial charge in [-0.3, -0.25) is 9.19 Å². The van der Waals surface area contributed by atoms with Crippen molar-refractivity contribution in [3.63, 3.8) is 0 Å². The normalized spacial score (nSPS) is 16.3. The lowest BCUT2D eigenvalue weighted by Gasteiger charge is -2.05. The first-order valence-electron chi connectivity index (χ1n) is 6.05. The smallest absolute Gasteiger partial charge is 0.164 e. The number of tetrazole rings is 1. The highest BCUT2D eigenvalue weighted by Gasteiger charge is 2.28. The monoisotopic (exact) mass is 331 g/mol. The van der Waals surface area contributed by atoms with Crippen LogP contribution in [0.1, 0.15) is 30.4 Å². The van der Waals surface area contributed by atoms with Gasteiger partial charge in [-0.25, -0.2) is 4.68 Å². The Morgan fingerprint density at radius 2 is 2.15 bits per heavy atom. The second kappa shape index (κ2) is 5.75. The Kier molecular flexibility index (Phi) is 4.00. The van der Waals surface area contributed by atoms with Crippen molar-refractivity contribution in [1.29, 1.82) is 0 Å². The van der Waals surface area contributed by atoms with Crippen molar-refractivity contribution in [1.82, 2.24) is 25.2 Å². The fraction of sp³-hybridized carbons (Fsp3) is 0.455. The fourth-order valence-corrected chi connectivity index (χ4v) is 3.45. The second-order valence-electron chi connectivity index (χ2n) is 4.58. The van der Waals surface area contributed by atoms with Gasteiger partial charge in [0, 0.05) is 17.0 Å². The van der Waals surface area contributed by atoms with E-state index in [9.17, 15) is 4.21 Å². The van der Waals surface area contributed by atoms with Crippen LogP contribution in [0.3, 0.4) is 0 Å². The molecule has 2 heterocycles. The number of aromatic nitrogens is 5. The van der Waals surface area contributed by atoms with Gasteiger partial charge in [0.25, 0.3) is 0 Å². The van der Waals surface area contributed by atoms with Crippen LogP contribution in [0.4, 0.5) is 0 Å². The molecule has 1 saturated carbocycles. The van der Waals surface area contributed by atoms with E-state index in [1.165, 1.54) is 6.20 Å². The first-order chi connectivity index (χ1) is 9.63. The van der Waals surface area contributed by atoms with E-state index in [2.05, 4.69) is 20.5 Å². The third kappa shape index (κ3) is 3.16. The molecule has 0 amide bonds. The summed E-state index contributed by atoms with van der Waals surface area (Å²) in [5.74, 6) is 1.20. The van der Waals surface area contributed by atoms with E-state index in [1.54, 1.807) is 10.7 Å². The van der Waals surface area contributed by atoms with E-state index in [0.29, 0.717) is 33.4 Å². The average molecular weight is 332 g/mol. The van der Waals surface area contributed by atoms with Crippen molar-refractivity contribution in [3.8, 4) is 0 Å². The molecule has 0 aliphatic heterocycles. The van der Waals surface area contributed by atoms with E-state index in [1.807, 2.05) is 0 Å². The van der Waals surface area contributed by atoms with Gasteiger partial charge in [0.2, 0.25) is 0 Å². The van der Waals surface area contributed by atoms with Crippen LogP contribution in [-0.2, 0) is 22.3 Å². The summed E-state index contributed by atoms with van der Waals surface area (Å²) in [6.45, 7) is 0. The first kappa shape index (κ1) is 13.9. The molecule has 0 aromatic carbocycles. The summed E-state index contributed by atoms with van der Waals surface area (Å²) < 4.78 is 13.9. The van der Waals surface area contributed by atoms with Crippen molar-refractivity contribution in [3.05, 3.63) is 33.8 Å². The van der Waals surface area contributed by atoms with Crippen molar-refractivity contribution in [2.75, 3.05) is 0 Å². The molecule has 2 aromatic rings. The molecular weight excluding hydrogens is 321 g/mol. The highest BCUT2D eigenvalue weighted by molar-refractivity contribution is 7.83. The van der Waals surface area contributed by atoms with Gasteiger partial charge in [-0.1, -0.05) is 23.2 Å². The Morgan fingerprint density at radius 1 is 1.35 bits per heavy atom. The number of halogens is 2. The van der Waals surface area contributed by atoms with E-state index < -0.39 is 10.8 Å². The lowest BCUT2D eigenvalue weighted by molar-refractivity contribution is 0.591. The highest BCUT2D eigenvalue weighted by Crippen LogP contribution is 2.34. The maximum absolute atomic E-state index is 12.2. The quantitative estimate of drug-likeness (QED) is 0.839. The maximum atomic E-state index is 12.2. The standard InChI is InChI=1S/C11H11Cl2N5OS/c12-7-3-9(13)10(14-4-7)5-20(19)6-11-15-16-17-18(11)8-1-2-8/h3-4,8H,1-2,5-6H2/t20-/m1/s1. The van der Waals surface area contributed by atoms with Gasteiger partial charge in [0.1, 0.15) is 0 Å². The Balaban J connectivity index is 1.68. The van der Waals surface area contributed by atoms with E-state index >= 15 is 0 Å². The molecule has 1 aliphatic carbocycles. The van der Waals surface area contributed by atoms with Crippen LogP contribution in [0, 0.1) is 0 Å². The summed E-state index contributed by atoms with van der Waals surface area (Å²) >= 11 is 11.8. The minimum Gasteiger partial charge on any atom is -0.259 e. The van der Waals surface area contributed by atoms with Crippen molar-refractivity contribution < 1.29 is 4.21 Å². The largest absolute Gasteiger partial charge is 0.259 e. The van der Waals surface area contributed by atoms with Crippen molar-refractivity contribution in [2.45, 2.75) is 30.4 Å². The Labute approximate surface area is 127 Å². The highest BCUT2D eigenvalue weighted by atomic mass is 35.5. The van der Waals surface area contributed by atoms with Crippen LogP contribution in [-0.4, -0.2) is 29.4 Å². The fourth-order valence-electron chi connectivity index (χ4n) is 1.81. The molecule has 1 fully saturated rings. The van der Waals surface area contributed by atoms with Gasteiger partial charge in [-0.2, -0.15) is 0 Å². The molecular formula is C11H11Cl2N5OS. The predicted octanol–water partition coefficient (Wildman–Crippen LogP) is 2.16. The Morgan fingerprint density at radius 3 is 2.85 bits per heavy atom. The van der Waals surface area contributed by atoms with Crippen LogP contribution in [0.15, 0.2) is 12.3 Å². The zero-order valence-electron chi connectivity index (χ0n) is 10.4. The SMILES string of the molecule is O=[S@](Cc1ncc(Cl)cc1Cl)Cc1nnnn1C1CC1. The summed E-state index contributed by atoms with van der Waals surface area (Å²) in [5.41, 5.74) is 0.569. The molecule has 1 atom stereocenters. The topological polar surface area (TPSA) is 73.6 Å². The van der Waals surface area contributed by atoms with Crippen LogP contribution >= 0.6 is 23.2 Å². The summed E-state index contributed by atoms with van der Waals surface area (Å²) in [4.78, 5) is 4.10. The maximum Gasteiger partial charge on any atom is 0.164 e. The minimum absolute atomic E-state index is 0.257. The number of pyridine rings is 1. The molecule has 0 saturated heterocycles. The lowest BCUT2D eigenvalue weighted by atomic mass is 10.4.